The van der Waals surface area contributed by atoms with Gasteiger partial charge in [-0.25, -0.2) is 13.2 Å². The maximum atomic E-state index is 12.7. The van der Waals surface area contributed by atoms with Gasteiger partial charge in [0.25, 0.3) is 10.0 Å². The molecule has 0 bridgehead atoms. The summed E-state index contributed by atoms with van der Waals surface area (Å²) >= 11 is 1.29. The molecule has 3 heterocycles. The van der Waals surface area contributed by atoms with Gasteiger partial charge in [-0.15, -0.1) is 11.3 Å². The fourth-order valence-electron chi connectivity index (χ4n) is 3.06. The number of rotatable bonds is 3. The molecular formula is C16H17N3O4S2. The number of benzene rings is 1. The van der Waals surface area contributed by atoms with Gasteiger partial charge in [0.15, 0.2) is 5.58 Å². The number of sulfonamides is 1. The van der Waals surface area contributed by atoms with Gasteiger partial charge in [-0.05, 0) is 31.2 Å². The highest BCUT2D eigenvalue weighted by atomic mass is 32.2. The quantitative estimate of drug-likeness (QED) is 0.752. The van der Waals surface area contributed by atoms with Gasteiger partial charge in [0.2, 0.25) is 0 Å². The van der Waals surface area contributed by atoms with E-state index in [1.807, 2.05) is 30.0 Å². The number of aryl methyl sites for hydroxylation is 1. The number of piperazine rings is 1. The van der Waals surface area contributed by atoms with Crippen molar-refractivity contribution in [1.29, 1.82) is 0 Å². The van der Waals surface area contributed by atoms with E-state index in [4.69, 9.17) is 4.42 Å². The number of para-hydroxylation sites is 1. The molecule has 25 heavy (non-hydrogen) atoms. The fraction of sp³-hybridized carbons (Fsp3) is 0.312. The van der Waals surface area contributed by atoms with E-state index < -0.39 is 15.8 Å². The van der Waals surface area contributed by atoms with Crippen LogP contribution < -0.4 is 10.7 Å². The first kappa shape index (κ1) is 16.4. The van der Waals surface area contributed by atoms with Crippen LogP contribution in [0.5, 0.6) is 0 Å². The monoisotopic (exact) mass is 379 g/mol. The van der Waals surface area contributed by atoms with Gasteiger partial charge < -0.3 is 9.32 Å². The molecule has 0 spiro atoms. The van der Waals surface area contributed by atoms with Gasteiger partial charge in [0, 0.05) is 31.1 Å². The molecule has 1 aliphatic heterocycles. The summed E-state index contributed by atoms with van der Waals surface area (Å²) in [6, 6.07) is 9.00. The molecule has 1 aliphatic rings. The van der Waals surface area contributed by atoms with E-state index >= 15 is 0 Å². The minimum atomic E-state index is -3.44. The predicted octanol–water partition coefficient (Wildman–Crippen LogP) is 2.00. The lowest BCUT2D eigenvalue weighted by molar-refractivity contribution is 0.385. The summed E-state index contributed by atoms with van der Waals surface area (Å²) < 4.78 is 32.6. The van der Waals surface area contributed by atoms with Crippen LogP contribution in [0.4, 0.5) is 5.69 Å². The fourth-order valence-corrected chi connectivity index (χ4v) is 5.91. The average molecular weight is 379 g/mol. The molecule has 0 unspecified atom stereocenters. The maximum Gasteiger partial charge on any atom is 0.417 e. The second kappa shape index (κ2) is 6.01. The highest BCUT2D eigenvalue weighted by molar-refractivity contribution is 7.91. The van der Waals surface area contributed by atoms with E-state index in [1.54, 1.807) is 12.1 Å². The molecule has 0 radical (unpaired) electrons. The lowest BCUT2D eigenvalue weighted by atomic mass is 10.2. The van der Waals surface area contributed by atoms with Crippen molar-refractivity contribution in [2.24, 2.45) is 0 Å². The molecule has 0 amide bonds. The summed E-state index contributed by atoms with van der Waals surface area (Å²) in [6.45, 7) is 3.76. The third-order valence-electron chi connectivity index (χ3n) is 4.31. The molecule has 1 aromatic carbocycles. The Morgan fingerprint density at radius 2 is 1.88 bits per heavy atom. The SMILES string of the molecule is Cc1ccc(S(=O)(=O)N2CCN(c3cccc4[nH]c(=O)oc34)CC2)s1. The first-order valence-corrected chi connectivity index (χ1v) is 10.1. The Balaban J connectivity index is 1.56. The Kier molecular flexibility index (Phi) is 3.94. The third-order valence-corrected chi connectivity index (χ3v) is 7.68. The van der Waals surface area contributed by atoms with Crippen LogP contribution in [-0.2, 0) is 10.0 Å². The van der Waals surface area contributed by atoms with Crippen molar-refractivity contribution < 1.29 is 12.8 Å². The number of aromatic amines is 1. The number of thiophene rings is 1. The van der Waals surface area contributed by atoms with Crippen LogP contribution in [0.2, 0.25) is 0 Å². The van der Waals surface area contributed by atoms with Crippen molar-refractivity contribution in [3.63, 3.8) is 0 Å². The van der Waals surface area contributed by atoms with Crippen LogP contribution in [0.1, 0.15) is 4.88 Å². The smallest absolute Gasteiger partial charge is 0.406 e. The molecule has 132 valence electrons. The highest BCUT2D eigenvalue weighted by Crippen LogP contribution is 2.28. The molecule has 0 aliphatic carbocycles. The van der Waals surface area contributed by atoms with Gasteiger partial charge in [-0.3, -0.25) is 4.98 Å². The van der Waals surface area contributed by atoms with Crippen LogP contribution in [0, 0.1) is 6.92 Å². The Bertz CT molecular complexity index is 1070. The number of oxazole rings is 1. The van der Waals surface area contributed by atoms with Crippen molar-refractivity contribution >= 4 is 38.1 Å². The number of aromatic nitrogens is 1. The average Bonchev–Trinajstić information content (AvgIpc) is 3.19. The Morgan fingerprint density at radius 1 is 1.12 bits per heavy atom. The molecule has 1 N–H and O–H groups in total. The summed E-state index contributed by atoms with van der Waals surface area (Å²) in [5.74, 6) is -0.489. The first-order chi connectivity index (χ1) is 11.9. The third kappa shape index (κ3) is 2.88. The molecule has 9 heteroatoms. The minimum Gasteiger partial charge on any atom is -0.406 e. The first-order valence-electron chi connectivity index (χ1n) is 7.88. The van der Waals surface area contributed by atoms with E-state index in [0.717, 1.165) is 10.6 Å². The number of anilines is 1. The summed E-state index contributed by atoms with van der Waals surface area (Å²) in [5.41, 5.74) is 1.96. The van der Waals surface area contributed by atoms with Gasteiger partial charge in [-0.2, -0.15) is 4.31 Å². The second-order valence-corrected chi connectivity index (χ2v) is 9.38. The molecule has 1 fully saturated rings. The zero-order chi connectivity index (χ0) is 17.6. The van der Waals surface area contributed by atoms with Crippen molar-refractivity contribution in [1.82, 2.24) is 9.29 Å². The molecular weight excluding hydrogens is 362 g/mol. The lowest BCUT2D eigenvalue weighted by Crippen LogP contribution is -2.48. The number of hydrogen-bond acceptors (Lipinski definition) is 6. The predicted molar refractivity (Wildman–Crippen MR) is 96.9 cm³/mol. The summed E-state index contributed by atoms with van der Waals surface area (Å²) in [6.07, 6.45) is 0. The van der Waals surface area contributed by atoms with Crippen molar-refractivity contribution in [3.05, 3.63) is 45.8 Å². The highest BCUT2D eigenvalue weighted by Gasteiger charge is 2.30. The summed E-state index contributed by atoms with van der Waals surface area (Å²) in [7, 11) is -3.44. The Morgan fingerprint density at radius 3 is 2.56 bits per heavy atom. The van der Waals surface area contributed by atoms with Crippen molar-refractivity contribution in [2.75, 3.05) is 31.1 Å². The zero-order valence-electron chi connectivity index (χ0n) is 13.6. The largest absolute Gasteiger partial charge is 0.417 e. The standard InChI is InChI=1S/C16H17N3O4S2/c1-11-5-6-14(24-11)25(21,22)19-9-7-18(8-10-19)13-4-2-3-12-15(13)23-16(20)17-12/h2-6H,7-10H2,1H3,(H,17,20). The minimum absolute atomic E-state index is 0.386. The number of nitrogens with one attached hydrogen (secondary N) is 1. The molecule has 4 rings (SSSR count). The van der Waals surface area contributed by atoms with Crippen LogP contribution in [0.15, 0.2) is 43.8 Å². The van der Waals surface area contributed by atoms with E-state index in [1.165, 1.54) is 15.6 Å². The Labute approximate surface area is 148 Å². The van der Waals surface area contributed by atoms with Gasteiger partial charge in [0.05, 0.1) is 11.2 Å². The topological polar surface area (TPSA) is 86.6 Å². The van der Waals surface area contributed by atoms with Gasteiger partial charge >= 0.3 is 5.76 Å². The second-order valence-electron chi connectivity index (χ2n) is 5.92. The van der Waals surface area contributed by atoms with Crippen LogP contribution in [0.3, 0.4) is 0 Å². The molecule has 0 saturated carbocycles. The zero-order valence-corrected chi connectivity index (χ0v) is 15.2. The van der Waals surface area contributed by atoms with E-state index in [2.05, 4.69) is 4.98 Å². The molecule has 2 aromatic heterocycles. The molecule has 0 atom stereocenters. The van der Waals surface area contributed by atoms with Crippen molar-refractivity contribution in [2.45, 2.75) is 11.1 Å². The molecule has 3 aromatic rings. The number of fused-ring (bicyclic) bond motifs is 1. The number of hydrogen-bond donors (Lipinski definition) is 1. The molecule has 7 nitrogen and oxygen atoms in total. The number of nitrogens with zero attached hydrogens (tertiary/aromatic N) is 2. The Hall–Kier alpha value is -2.10. The van der Waals surface area contributed by atoms with E-state index in [-0.39, 0.29) is 0 Å². The molecule has 1 saturated heterocycles. The lowest BCUT2D eigenvalue weighted by Gasteiger charge is -2.34. The van der Waals surface area contributed by atoms with E-state index in [9.17, 15) is 13.2 Å². The van der Waals surface area contributed by atoms with Gasteiger partial charge in [0.1, 0.15) is 4.21 Å². The summed E-state index contributed by atoms with van der Waals surface area (Å²) in [5, 5.41) is 0. The van der Waals surface area contributed by atoms with Crippen LogP contribution in [-0.4, -0.2) is 43.9 Å². The number of H-pyrrole nitrogens is 1. The van der Waals surface area contributed by atoms with Crippen molar-refractivity contribution in [3.8, 4) is 0 Å². The van der Waals surface area contributed by atoms with Gasteiger partial charge in [-0.1, -0.05) is 6.07 Å². The maximum absolute atomic E-state index is 12.7. The summed E-state index contributed by atoms with van der Waals surface area (Å²) in [4.78, 5) is 17.1. The normalized spacial score (nSPS) is 16.6. The van der Waals surface area contributed by atoms with Crippen LogP contribution >= 0.6 is 11.3 Å². The van der Waals surface area contributed by atoms with Crippen LogP contribution in [0.25, 0.3) is 11.1 Å². The van der Waals surface area contributed by atoms with E-state index in [0.29, 0.717) is 41.5 Å².